The molecule has 0 aliphatic rings. The zero-order chi connectivity index (χ0) is 5.54. The summed E-state index contributed by atoms with van der Waals surface area (Å²) in [6.45, 7) is 3.57. The van der Waals surface area contributed by atoms with E-state index in [2.05, 4.69) is 23.6 Å². The molecule has 0 heterocycles. The molecule has 0 amide bonds. The van der Waals surface area contributed by atoms with Gasteiger partial charge in [-0.1, -0.05) is 5.92 Å². The van der Waals surface area contributed by atoms with E-state index in [0.717, 1.165) is 0 Å². The zero-order valence-electron chi connectivity index (χ0n) is 4.58. The lowest BCUT2D eigenvalue weighted by atomic mass is 10.5. The lowest BCUT2D eigenvalue weighted by Crippen LogP contribution is -1.40. The molecule has 0 aromatic carbocycles. The Morgan fingerprint density at radius 3 is 2.71 bits per heavy atom. The molecule has 0 heteroatoms. The second-order valence-electron chi connectivity index (χ2n) is 0.933. The summed E-state index contributed by atoms with van der Waals surface area (Å²) in [5.41, 5.74) is 2.70. The molecule has 0 nitrogen and oxygen atoms in total. The third-order valence-electron chi connectivity index (χ3n) is 0.433. The first-order valence-electron chi connectivity index (χ1n) is 2.08. The lowest BCUT2D eigenvalue weighted by molar-refractivity contribution is 1.68. The molecule has 0 rings (SSSR count). The summed E-state index contributed by atoms with van der Waals surface area (Å²) >= 11 is 0. The molecule has 0 bridgehead atoms. The van der Waals surface area contributed by atoms with E-state index in [1.807, 2.05) is 0 Å². The van der Waals surface area contributed by atoms with Gasteiger partial charge in [0, 0.05) is 5.92 Å². The largest absolute Gasteiger partial charge is 0.174 e. The molecular formula is C7H7+. The van der Waals surface area contributed by atoms with Gasteiger partial charge < -0.3 is 0 Å². The van der Waals surface area contributed by atoms with Crippen molar-refractivity contribution in [1.82, 2.24) is 0 Å². The Morgan fingerprint density at radius 1 is 1.57 bits per heavy atom. The van der Waals surface area contributed by atoms with Gasteiger partial charge in [-0.05, 0) is 6.92 Å². The molecule has 0 spiro atoms. The molecule has 0 fully saturated rings. The maximum Gasteiger partial charge on any atom is 0.174 e. The molecule has 0 saturated carbocycles. The van der Waals surface area contributed by atoms with Gasteiger partial charge in [0.2, 0.25) is 0 Å². The molecule has 0 atom stereocenters. The van der Waals surface area contributed by atoms with Crippen molar-refractivity contribution in [2.75, 3.05) is 0 Å². The van der Waals surface area contributed by atoms with Gasteiger partial charge in [-0.15, -0.1) is 0 Å². The van der Waals surface area contributed by atoms with Gasteiger partial charge in [0.15, 0.2) is 11.8 Å². The maximum atomic E-state index is 2.70. The number of hydrogen-bond donors (Lipinski definition) is 0. The summed E-state index contributed by atoms with van der Waals surface area (Å²) in [7, 11) is 0. The standard InChI is InChI=1S/C7H7/c1-3-5-7-6-4-2/h7H,1-2H3/q+1. The van der Waals surface area contributed by atoms with Crippen molar-refractivity contribution in [2.24, 2.45) is 0 Å². The Bertz CT molecular complexity index is 135. The molecule has 0 unspecified atom stereocenters. The first-order chi connectivity index (χ1) is 3.41. The van der Waals surface area contributed by atoms with E-state index in [4.69, 9.17) is 0 Å². The Hall–Kier alpha value is -1.01. The van der Waals surface area contributed by atoms with Crippen LogP contribution >= 0.6 is 0 Å². The third kappa shape index (κ3) is 4.99. The number of allylic oxidation sites excluding steroid dienone is 1. The van der Waals surface area contributed by atoms with Crippen LogP contribution in [0.4, 0.5) is 0 Å². The van der Waals surface area contributed by atoms with E-state index < -0.39 is 0 Å². The molecule has 0 radical (unpaired) electrons. The summed E-state index contributed by atoms with van der Waals surface area (Å²) in [4.78, 5) is 0. The minimum Gasteiger partial charge on any atom is -0.0786 e. The molecule has 0 aliphatic heterocycles. The Morgan fingerprint density at radius 2 is 2.29 bits per heavy atom. The molecule has 7 heavy (non-hydrogen) atoms. The topological polar surface area (TPSA) is 0 Å². The average Bonchev–Trinajstić information content (AvgIpc) is 1.69. The van der Waals surface area contributed by atoms with Crippen LogP contribution in [0.2, 0.25) is 0 Å². The highest BCUT2D eigenvalue weighted by Gasteiger charge is 1.60. The first kappa shape index (κ1) is 5.99. The van der Waals surface area contributed by atoms with Crippen molar-refractivity contribution in [1.29, 1.82) is 0 Å². The van der Waals surface area contributed by atoms with Crippen molar-refractivity contribution in [3.63, 3.8) is 0 Å². The summed E-state index contributed by atoms with van der Waals surface area (Å²) in [5.74, 6) is 5.40. The van der Waals surface area contributed by atoms with Gasteiger partial charge >= 0.3 is 0 Å². The van der Waals surface area contributed by atoms with Gasteiger partial charge in [0.1, 0.15) is 6.08 Å². The SMILES string of the molecule is CC#CC=C=[C+]C. The van der Waals surface area contributed by atoms with E-state index >= 15 is 0 Å². The van der Waals surface area contributed by atoms with Crippen molar-refractivity contribution in [2.45, 2.75) is 13.8 Å². The smallest absolute Gasteiger partial charge is 0.0786 e. The van der Waals surface area contributed by atoms with Gasteiger partial charge in [0.05, 0.1) is 6.92 Å². The highest BCUT2D eigenvalue weighted by Crippen LogP contribution is 1.59. The highest BCUT2D eigenvalue weighted by atomic mass is 13.5. The third-order valence-corrected chi connectivity index (χ3v) is 0.433. The van der Waals surface area contributed by atoms with E-state index in [1.54, 1.807) is 19.9 Å². The quantitative estimate of drug-likeness (QED) is 0.241. The van der Waals surface area contributed by atoms with Crippen molar-refractivity contribution < 1.29 is 0 Å². The molecule has 0 aromatic rings. The second kappa shape index (κ2) is 4.99. The summed E-state index contributed by atoms with van der Waals surface area (Å²) in [6.07, 6.45) is 4.33. The normalized spacial score (nSPS) is 4.29. The summed E-state index contributed by atoms with van der Waals surface area (Å²) < 4.78 is 0. The van der Waals surface area contributed by atoms with Crippen LogP contribution in [0, 0.1) is 17.9 Å². The number of hydrogen-bond acceptors (Lipinski definition) is 0. The maximum absolute atomic E-state index is 2.70. The molecule has 34 valence electrons. The fourth-order valence-electron chi connectivity index (χ4n) is 0.180. The van der Waals surface area contributed by atoms with Crippen molar-refractivity contribution in [3.8, 4) is 11.8 Å². The average molecular weight is 91.1 g/mol. The number of rotatable bonds is 0. The van der Waals surface area contributed by atoms with Crippen LogP contribution in [0.15, 0.2) is 11.8 Å². The van der Waals surface area contributed by atoms with Gasteiger partial charge in [-0.25, -0.2) is 0 Å². The molecular weight excluding hydrogens is 84.1 g/mol. The Labute approximate surface area is 44.5 Å². The van der Waals surface area contributed by atoms with Gasteiger partial charge in [-0.2, -0.15) is 0 Å². The van der Waals surface area contributed by atoms with Gasteiger partial charge in [0.25, 0.3) is 0 Å². The lowest BCUT2D eigenvalue weighted by Gasteiger charge is -1.41. The highest BCUT2D eigenvalue weighted by molar-refractivity contribution is 5.12. The zero-order valence-corrected chi connectivity index (χ0v) is 4.58. The minimum absolute atomic E-state index is 1.64. The van der Waals surface area contributed by atoms with Crippen LogP contribution in [0.3, 0.4) is 0 Å². The van der Waals surface area contributed by atoms with Crippen molar-refractivity contribution >= 4 is 0 Å². The van der Waals surface area contributed by atoms with Crippen LogP contribution in [-0.4, -0.2) is 0 Å². The fourth-order valence-corrected chi connectivity index (χ4v) is 0.180. The van der Waals surface area contributed by atoms with E-state index in [0.29, 0.717) is 0 Å². The Balaban J connectivity index is 3.63. The van der Waals surface area contributed by atoms with E-state index in [9.17, 15) is 0 Å². The molecule has 0 saturated heterocycles. The van der Waals surface area contributed by atoms with Crippen LogP contribution in [0.1, 0.15) is 13.8 Å². The van der Waals surface area contributed by atoms with E-state index in [1.165, 1.54) is 0 Å². The summed E-state index contributed by atoms with van der Waals surface area (Å²) in [5, 5.41) is 0. The molecule has 0 aromatic heterocycles. The minimum atomic E-state index is 1.64. The van der Waals surface area contributed by atoms with Crippen LogP contribution in [0.25, 0.3) is 0 Å². The first-order valence-corrected chi connectivity index (χ1v) is 2.08. The van der Waals surface area contributed by atoms with Crippen LogP contribution < -0.4 is 0 Å². The summed E-state index contributed by atoms with van der Waals surface area (Å²) in [6, 6.07) is 0. The van der Waals surface area contributed by atoms with Crippen LogP contribution in [-0.2, 0) is 0 Å². The second-order valence-corrected chi connectivity index (χ2v) is 0.933. The fraction of sp³-hybridized carbons (Fsp3) is 0.286. The monoisotopic (exact) mass is 91.1 g/mol. The predicted octanol–water partition coefficient (Wildman–Crippen LogP) is 1.54. The predicted molar refractivity (Wildman–Crippen MR) is 30.4 cm³/mol. The van der Waals surface area contributed by atoms with Gasteiger partial charge in [-0.3, -0.25) is 0 Å². The molecule has 0 N–H and O–H groups in total. The van der Waals surface area contributed by atoms with Crippen molar-refractivity contribution in [3.05, 3.63) is 17.9 Å². The van der Waals surface area contributed by atoms with E-state index in [-0.39, 0.29) is 0 Å². The Kier molecular flexibility index (Phi) is 4.27. The van der Waals surface area contributed by atoms with Crippen LogP contribution in [0.5, 0.6) is 0 Å². The molecule has 0 aliphatic carbocycles.